The van der Waals surface area contributed by atoms with Crippen molar-refractivity contribution >= 4 is 27.8 Å². The van der Waals surface area contributed by atoms with Gasteiger partial charge in [0.1, 0.15) is 12.2 Å². The zero-order chi connectivity index (χ0) is 17.4. The van der Waals surface area contributed by atoms with Gasteiger partial charge in [0.2, 0.25) is 5.91 Å². The standard InChI is InChI=1S/C19H16N4O2/c1-20-17(24)11-23-16-9-5-4-8-15(16)22-18(19(23)25)13-10-21-14-7-3-2-6-12(13)14/h2-10,21H,11H2,1H3,(H,20,24). The lowest BCUT2D eigenvalue weighted by Crippen LogP contribution is -2.31. The molecule has 0 aliphatic rings. The van der Waals surface area contributed by atoms with E-state index in [-0.39, 0.29) is 18.0 Å². The first-order chi connectivity index (χ1) is 12.2. The molecule has 124 valence electrons. The number of rotatable bonds is 3. The van der Waals surface area contributed by atoms with E-state index in [9.17, 15) is 9.59 Å². The molecule has 0 spiro atoms. The van der Waals surface area contributed by atoms with Crippen LogP contribution in [0.25, 0.3) is 33.2 Å². The van der Waals surface area contributed by atoms with E-state index in [4.69, 9.17) is 0 Å². The number of H-pyrrole nitrogens is 1. The fraction of sp³-hybridized carbons (Fsp3) is 0.105. The van der Waals surface area contributed by atoms with Crippen LogP contribution < -0.4 is 10.9 Å². The number of benzene rings is 2. The van der Waals surface area contributed by atoms with Gasteiger partial charge in [0.25, 0.3) is 5.56 Å². The van der Waals surface area contributed by atoms with E-state index in [1.54, 1.807) is 19.3 Å². The van der Waals surface area contributed by atoms with Crippen LogP contribution in [-0.2, 0) is 11.3 Å². The lowest BCUT2D eigenvalue weighted by molar-refractivity contribution is -0.121. The van der Waals surface area contributed by atoms with Crippen LogP contribution in [0.15, 0.2) is 59.5 Å². The summed E-state index contributed by atoms with van der Waals surface area (Å²) < 4.78 is 1.47. The van der Waals surface area contributed by atoms with Crippen LogP contribution in [0.3, 0.4) is 0 Å². The topological polar surface area (TPSA) is 79.8 Å². The lowest BCUT2D eigenvalue weighted by atomic mass is 10.1. The lowest BCUT2D eigenvalue weighted by Gasteiger charge is -2.11. The molecule has 1 amide bonds. The number of hydrogen-bond donors (Lipinski definition) is 2. The third-order valence-electron chi connectivity index (χ3n) is 4.28. The Morgan fingerprint density at radius 1 is 1.16 bits per heavy atom. The molecule has 0 atom stereocenters. The number of aromatic amines is 1. The minimum atomic E-state index is -0.285. The second-order valence-electron chi connectivity index (χ2n) is 5.76. The molecule has 25 heavy (non-hydrogen) atoms. The smallest absolute Gasteiger partial charge is 0.278 e. The maximum Gasteiger partial charge on any atom is 0.278 e. The molecule has 4 rings (SSSR count). The zero-order valence-electron chi connectivity index (χ0n) is 13.6. The highest BCUT2D eigenvalue weighted by Gasteiger charge is 2.17. The summed E-state index contributed by atoms with van der Waals surface area (Å²) in [4.78, 5) is 32.7. The second kappa shape index (κ2) is 5.90. The summed E-state index contributed by atoms with van der Waals surface area (Å²) in [6.07, 6.45) is 1.79. The van der Waals surface area contributed by atoms with E-state index in [2.05, 4.69) is 15.3 Å². The first-order valence-electron chi connectivity index (χ1n) is 7.95. The number of nitrogens with one attached hydrogen (secondary N) is 2. The highest BCUT2D eigenvalue weighted by molar-refractivity contribution is 5.95. The van der Waals surface area contributed by atoms with Crippen molar-refractivity contribution in [2.75, 3.05) is 7.05 Å². The average molecular weight is 332 g/mol. The van der Waals surface area contributed by atoms with E-state index >= 15 is 0 Å². The number of aromatic nitrogens is 3. The molecular formula is C19H16N4O2. The summed E-state index contributed by atoms with van der Waals surface area (Å²) in [7, 11) is 1.55. The summed E-state index contributed by atoms with van der Waals surface area (Å²) >= 11 is 0. The van der Waals surface area contributed by atoms with Crippen molar-refractivity contribution in [2.24, 2.45) is 0 Å². The number of para-hydroxylation sites is 3. The van der Waals surface area contributed by atoms with Crippen LogP contribution in [0.5, 0.6) is 0 Å². The van der Waals surface area contributed by atoms with Crippen molar-refractivity contribution in [1.29, 1.82) is 0 Å². The Bertz CT molecular complexity index is 1160. The molecule has 0 fully saturated rings. The van der Waals surface area contributed by atoms with Crippen LogP contribution in [0, 0.1) is 0 Å². The van der Waals surface area contributed by atoms with E-state index in [0.717, 1.165) is 16.5 Å². The van der Waals surface area contributed by atoms with Gasteiger partial charge in [-0.15, -0.1) is 0 Å². The van der Waals surface area contributed by atoms with Gasteiger partial charge in [-0.25, -0.2) is 4.98 Å². The van der Waals surface area contributed by atoms with Crippen LogP contribution >= 0.6 is 0 Å². The van der Waals surface area contributed by atoms with Crippen molar-refractivity contribution in [2.45, 2.75) is 6.54 Å². The molecule has 0 unspecified atom stereocenters. The predicted octanol–water partition coefficient (Wildman–Crippen LogP) is 2.29. The highest BCUT2D eigenvalue weighted by atomic mass is 16.2. The van der Waals surface area contributed by atoms with Crippen LogP contribution in [0.4, 0.5) is 0 Å². The Kier molecular flexibility index (Phi) is 3.57. The molecular weight excluding hydrogens is 316 g/mol. The number of amides is 1. The summed E-state index contributed by atoms with van der Waals surface area (Å²) in [6.45, 7) is -0.0479. The largest absolute Gasteiger partial charge is 0.360 e. The minimum Gasteiger partial charge on any atom is -0.360 e. The Morgan fingerprint density at radius 3 is 2.76 bits per heavy atom. The van der Waals surface area contributed by atoms with Gasteiger partial charge in [-0.1, -0.05) is 30.3 Å². The van der Waals surface area contributed by atoms with Crippen LogP contribution in [-0.4, -0.2) is 27.5 Å². The normalized spacial score (nSPS) is 11.1. The van der Waals surface area contributed by atoms with Gasteiger partial charge in [-0.2, -0.15) is 0 Å². The Labute approximate surface area is 143 Å². The first-order valence-corrected chi connectivity index (χ1v) is 7.95. The number of carbonyl (C=O) groups excluding carboxylic acids is 1. The first kappa shape index (κ1) is 15.1. The second-order valence-corrected chi connectivity index (χ2v) is 5.76. The van der Waals surface area contributed by atoms with Crippen molar-refractivity contribution < 1.29 is 4.79 Å². The van der Waals surface area contributed by atoms with Crippen molar-refractivity contribution in [3.63, 3.8) is 0 Å². The summed E-state index contributed by atoms with van der Waals surface area (Å²) in [6, 6.07) is 15.1. The number of likely N-dealkylation sites (N-methyl/N-ethyl adjacent to an activating group) is 1. The van der Waals surface area contributed by atoms with Crippen molar-refractivity contribution in [3.8, 4) is 11.3 Å². The third kappa shape index (κ3) is 2.48. The maximum absolute atomic E-state index is 13.1. The molecule has 6 heteroatoms. The molecule has 0 radical (unpaired) electrons. The van der Waals surface area contributed by atoms with Gasteiger partial charge in [0, 0.05) is 29.7 Å². The number of hydrogen-bond acceptors (Lipinski definition) is 3. The third-order valence-corrected chi connectivity index (χ3v) is 4.28. The predicted molar refractivity (Wildman–Crippen MR) is 97.4 cm³/mol. The van der Waals surface area contributed by atoms with Crippen molar-refractivity contribution in [3.05, 3.63) is 65.1 Å². The van der Waals surface area contributed by atoms with E-state index in [1.165, 1.54) is 4.57 Å². The van der Waals surface area contributed by atoms with Gasteiger partial charge in [-0.05, 0) is 18.2 Å². The summed E-state index contributed by atoms with van der Waals surface area (Å²) in [5.74, 6) is -0.233. The highest BCUT2D eigenvalue weighted by Crippen LogP contribution is 2.26. The monoisotopic (exact) mass is 332 g/mol. The number of carbonyl (C=O) groups is 1. The molecule has 2 aromatic carbocycles. The molecule has 0 bridgehead atoms. The quantitative estimate of drug-likeness (QED) is 0.604. The van der Waals surface area contributed by atoms with Crippen molar-refractivity contribution in [1.82, 2.24) is 19.9 Å². The Hall–Kier alpha value is -3.41. The maximum atomic E-state index is 13.1. The molecule has 0 saturated carbocycles. The zero-order valence-corrected chi connectivity index (χ0v) is 13.6. The van der Waals surface area contributed by atoms with Gasteiger partial charge in [0.05, 0.1) is 11.0 Å². The van der Waals surface area contributed by atoms with Gasteiger partial charge in [0.15, 0.2) is 0 Å². The van der Waals surface area contributed by atoms with Gasteiger partial charge in [-0.3, -0.25) is 14.2 Å². The minimum absolute atomic E-state index is 0.0479. The Balaban J connectivity index is 2.03. The fourth-order valence-corrected chi connectivity index (χ4v) is 3.01. The Morgan fingerprint density at radius 2 is 1.92 bits per heavy atom. The molecule has 2 aromatic heterocycles. The number of fused-ring (bicyclic) bond motifs is 2. The van der Waals surface area contributed by atoms with E-state index < -0.39 is 0 Å². The van der Waals surface area contributed by atoms with Gasteiger partial charge < -0.3 is 10.3 Å². The molecule has 0 aliphatic carbocycles. The fourth-order valence-electron chi connectivity index (χ4n) is 3.01. The number of nitrogens with zero attached hydrogens (tertiary/aromatic N) is 2. The SMILES string of the molecule is CNC(=O)Cn1c(=O)c(-c2c[nH]c3ccccc23)nc2ccccc21. The summed E-state index contributed by atoms with van der Waals surface area (Å²) in [5, 5.41) is 3.49. The molecule has 2 heterocycles. The molecule has 6 nitrogen and oxygen atoms in total. The summed E-state index contributed by atoms with van der Waals surface area (Å²) in [5.41, 5.74) is 3.03. The molecule has 0 saturated heterocycles. The van der Waals surface area contributed by atoms with Crippen LogP contribution in [0.2, 0.25) is 0 Å². The molecule has 0 aliphatic heterocycles. The average Bonchev–Trinajstić information content (AvgIpc) is 3.07. The van der Waals surface area contributed by atoms with Gasteiger partial charge >= 0.3 is 0 Å². The molecule has 4 aromatic rings. The van der Waals surface area contributed by atoms with Crippen LogP contribution in [0.1, 0.15) is 0 Å². The van der Waals surface area contributed by atoms with E-state index in [1.807, 2.05) is 42.5 Å². The van der Waals surface area contributed by atoms with E-state index in [0.29, 0.717) is 16.7 Å². The molecule has 2 N–H and O–H groups in total.